The molecule has 3 aromatic carbocycles. The lowest BCUT2D eigenvalue weighted by Gasteiger charge is -2.30. The number of anilines is 1. The van der Waals surface area contributed by atoms with Crippen molar-refractivity contribution in [2.24, 2.45) is 5.92 Å². The van der Waals surface area contributed by atoms with Gasteiger partial charge in [0, 0.05) is 12.2 Å². The number of para-hydroxylation sites is 1. The van der Waals surface area contributed by atoms with Gasteiger partial charge in [0.25, 0.3) is 5.91 Å². The summed E-state index contributed by atoms with van der Waals surface area (Å²) in [6.07, 6.45) is -0.255. The van der Waals surface area contributed by atoms with Crippen molar-refractivity contribution in [3.63, 3.8) is 0 Å². The topological polar surface area (TPSA) is 168 Å². The molecule has 5 N–H and O–H groups in total. The molecule has 0 aliphatic rings. The molecule has 0 aliphatic carbocycles. The number of aromatic nitrogens is 1. The number of benzene rings is 3. The van der Waals surface area contributed by atoms with Gasteiger partial charge in [-0.1, -0.05) is 92.7 Å². The highest BCUT2D eigenvalue weighted by Crippen LogP contribution is 2.19. The van der Waals surface area contributed by atoms with Gasteiger partial charge >= 0.3 is 12.2 Å². The lowest BCUT2D eigenvalue weighted by atomic mass is 9.92. The Morgan fingerprint density at radius 2 is 1.37 bits per heavy atom. The van der Waals surface area contributed by atoms with E-state index in [4.69, 9.17) is 9.47 Å². The molecule has 12 nitrogen and oxygen atoms in total. The maximum Gasteiger partial charge on any atom is 0.412 e. The standard InChI is InChI=1S/C40H47N5O7/c1-4-51-40(50)45-36(27(2)3)38(48)43-34(24-29-17-9-6-10-18-29)35(46)25-31(23-28-15-7-5-8-16-28)42-37(47)32-20-11-12-21-33(32)44-39(49)52-26-30-19-13-14-22-41-30/h5-22,27,31,34-36,46H,4,23-26H2,1-3H3,(H,42,47)(H,43,48)(H,44,49)(H,45,50)/t31-,34-,35-,36-/m0/s1. The number of aliphatic hydroxyl groups is 1. The average Bonchev–Trinajstić information content (AvgIpc) is 3.14. The summed E-state index contributed by atoms with van der Waals surface area (Å²) in [5.74, 6) is -1.22. The average molecular weight is 710 g/mol. The minimum Gasteiger partial charge on any atom is -0.450 e. The number of carbonyl (C=O) groups excluding carboxylic acids is 4. The van der Waals surface area contributed by atoms with Crippen LogP contribution < -0.4 is 21.3 Å². The largest absolute Gasteiger partial charge is 0.450 e. The monoisotopic (exact) mass is 709 g/mol. The van der Waals surface area contributed by atoms with Gasteiger partial charge in [0.15, 0.2) is 0 Å². The zero-order chi connectivity index (χ0) is 37.3. The summed E-state index contributed by atoms with van der Waals surface area (Å²) in [5.41, 5.74) is 2.82. The van der Waals surface area contributed by atoms with Gasteiger partial charge in [0.2, 0.25) is 5.91 Å². The predicted molar refractivity (Wildman–Crippen MR) is 197 cm³/mol. The fourth-order valence-electron chi connectivity index (χ4n) is 5.63. The van der Waals surface area contributed by atoms with E-state index in [1.165, 1.54) is 0 Å². The Labute approximate surface area is 304 Å². The molecule has 0 fully saturated rings. The molecule has 4 atom stereocenters. The van der Waals surface area contributed by atoms with Crippen LogP contribution in [0.5, 0.6) is 0 Å². The van der Waals surface area contributed by atoms with E-state index in [0.29, 0.717) is 12.1 Å². The number of nitrogens with zero attached hydrogens (tertiary/aromatic N) is 1. The van der Waals surface area contributed by atoms with Crippen molar-refractivity contribution < 1.29 is 33.8 Å². The fourth-order valence-corrected chi connectivity index (χ4v) is 5.63. The molecule has 0 bridgehead atoms. The van der Waals surface area contributed by atoms with Crippen LogP contribution in [0.2, 0.25) is 0 Å². The van der Waals surface area contributed by atoms with Crippen LogP contribution in [-0.2, 0) is 33.7 Å². The Balaban J connectivity index is 1.53. The third-order valence-electron chi connectivity index (χ3n) is 8.26. The van der Waals surface area contributed by atoms with Crippen molar-refractivity contribution in [2.45, 2.75) is 70.9 Å². The van der Waals surface area contributed by atoms with Gasteiger partial charge in [-0.25, -0.2) is 9.59 Å². The van der Waals surface area contributed by atoms with E-state index in [0.717, 1.165) is 11.1 Å². The molecule has 0 radical (unpaired) electrons. The molecule has 1 heterocycles. The van der Waals surface area contributed by atoms with Crippen LogP contribution in [0.3, 0.4) is 0 Å². The molecule has 0 spiro atoms. The Morgan fingerprint density at radius 1 is 0.731 bits per heavy atom. The van der Waals surface area contributed by atoms with Crippen molar-refractivity contribution >= 4 is 29.7 Å². The van der Waals surface area contributed by atoms with E-state index >= 15 is 0 Å². The number of aliphatic hydroxyl groups excluding tert-OH is 1. The summed E-state index contributed by atoms with van der Waals surface area (Å²) in [5, 5.41) is 23.1. The van der Waals surface area contributed by atoms with E-state index in [-0.39, 0.29) is 43.2 Å². The van der Waals surface area contributed by atoms with Gasteiger partial charge in [-0.05, 0) is 67.5 Å². The number of nitrogens with one attached hydrogen (secondary N) is 4. The second-order valence-corrected chi connectivity index (χ2v) is 12.6. The van der Waals surface area contributed by atoms with Crippen molar-refractivity contribution in [3.05, 3.63) is 132 Å². The molecule has 274 valence electrons. The first-order chi connectivity index (χ1) is 25.1. The van der Waals surface area contributed by atoms with E-state index < -0.39 is 48.2 Å². The molecule has 12 heteroatoms. The summed E-state index contributed by atoms with van der Waals surface area (Å²) in [6.45, 7) is 5.39. The van der Waals surface area contributed by atoms with Crippen LogP contribution in [-0.4, -0.2) is 64.9 Å². The number of pyridine rings is 1. The first-order valence-electron chi connectivity index (χ1n) is 17.4. The van der Waals surface area contributed by atoms with E-state index in [1.54, 1.807) is 69.4 Å². The fraction of sp³-hybridized carbons (Fsp3) is 0.325. The van der Waals surface area contributed by atoms with Gasteiger partial charge < -0.3 is 30.5 Å². The van der Waals surface area contributed by atoms with Crippen LogP contribution in [0.25, 0.3) is 0 Å². The molecule has 0 saturated carbocycles. The lowest BCUT2D eigenvalue weighted by Crippen LogP contribution is -2.56. The van der Waals surface area contributed by atoms with Gasteiger partial charge in [-0.3, -0.25) is 19.9 Å². The van der Waals surface area contributed by atoms with Crippen LogP contribution in [0, 0.1) is 5.92 Å². The molecular weight excluding hydrogens is 662 g/mol. The second kappa shape index (κ2) is 20.2. The Kier molecular flexibility index (Phi) is 15.2. The van der Waals surface area contributed by atoms with Crippen LogP contribution in [0.1, 0.15) is 54.4 Å². The molecule has 0 aliphatic heterocycles. The molecule has 4 aromatic rings. The summed E-state index contributed by atoms with van der Waals surface area (Å²) in [7, 11) is 0. The maximum atomic E-state index is 13.9. The predicted octanol–water partition coefficient (Wildman–Crippen LogP) is 5.42. The van der Waals surface area contributed by atoms with E-state index in [1.807, 2.05) is 60.7 Å². The lowest BCUT2D eigenvalue weighted by molar-refractivity contribution is -0.125. The number of alkyl carbamates (subject to hydrolysis) is 1. The smallest absolute Gasteiger partial charge is 0.412 e. The number of rotatable bonds is 17. The molecule has 0 unspecified atom stereocenters. The minimum absolute atomic E-state index is 0.0461. The zero-order valence-electron chi connectivity index (χ0n) is 29.7. The van der Waals surface area contributed by atoms with Crippen LogP contribution >= 0.6 is 0 Å². The molecule has 1 aromatic heterocycles. The molecule has 0 saturated heterocycles. The van der Waals surface area contributed by atoms with E-state index in [9.17, 15) is 24.3 Å². The summed E-state index contributed by atoms with van der Waals surface area (Å²) >= 11 is 0. The summed E-state index contributed by atoms with van der Waals surface area (Å²) < 4.78 is 10.3. The van der Waals surface area contributed by atoms with E-state index in [2.05, 4.69) is 26.3 Å². The number of carbonyl (C=O) groups is 4. The molecule has 52 heavy (non-hydrogen) atoms. The first-order valence-corrected chi connectivity index (χ1v) is 17.4. The van der Waals surface area contributed by atoms with Crippen molar-refractivity contribution in [1.29, 1.82) is 0 Å². The Morgan fingerprint density at radius 3 is 2.00 bits per heavy atom. The number of hydrogen-bond acceptors (Lipinski definition) is 8. The summed E-state index contributed by atoms with van der Waals surface area (Å²) in [6, 6.07) is 28.5. The van der Waals surface area contributed by atoms with Gasteiger partial charge in [0.1, 0.15) is 12.6 Å². The van der Waals surface area contributed by atoms with Crippen LogP contribution in [0.15, 0.2) is 109 Å². The SMILES string of the molecule is CCOC(=O)N[C@H](C(=O)N[C@@H](Cc1ccccc1)[C@@H](O)C[C@H](Cc1ccccc1)NC(=O)c1ccccc1NC(=O)OCc1ccccn1)C(C)C. The Hall–Kier alpha value is -5.75. The third-order valence-corrected chi connectivity index (χ3v) is 8.26. The highest BCUT2D eigenvalue weighted by Gasteiger charge is 2.31. The van der Waals surface area contributed by atoms with Gasteiger partial charge in [-0.2, -0.15) is 0 Å². The minimum atomic E-state index is -1.12. The third kappa shape index (κ3) is 12.5. The van der Waals surface area contributed by atoms with Crippen molar-refractivity contribution in [3.8, 4) is 0 Å². The zero-order valence-corrected chi connectivity index (χ0v) is 29.7. The molecule has 4 rings (SSSR count). The second-order valence-electron chi connectivity index (χ2n) is 12.6. The van der Waals surface area contributed by atoms with Gasteiger partial charge in [-0.15, -0.1) is 0 Å². The van der Waals surface area contributed by atoms with Gasteiger partial charge in [0.05, 0.1) is 35.7 Å². The number of hydrogen-bond donors (Lipinski definition) is 5. The Bertz CT molecular complexity index is 1720. The highest BCUT2D eigenvalue weighted by atomic mass is 16.6. The van der Waals surface area contributed by atoms with Crippen LogP contribution in [0.4, 0.5) is 15.3 Å². The van der Waals surface area contributed by atoms with Crippen molar-refractivity contribution in [2.75, 3.05) is 11.9 Å². The highest BCUT2D eigenvalue weighted by molar-refractivity contribution is 6.02. The van der Waals surface area contributed by atoms with Crippen molar-refractivity contribution in [1.82, 2.24) is 20.9 Å². The molecule has 4 amide bonds. The molecular formula is C40H47N5O7. The first kappa shape index (κ1) is 39.0. The quantitative estimate of drug-likeness (QED) is 0.0969. The number of ether oxygens (including phenoxy) is 2. The maximum absolute atomic E-state index is 13.9. The normalized spacial score (nSPS) is 13.2. The summed E-state index contributed by atoms with van der Waals surface area (Å²) in [4.78, 5) is 56.5. The number of amides is 4.